The fourth-order valence-electron chi connectivity index (χ4n) is 2.93. The number of hydrogen-bond acceptors (Lipinski definition) is 8. The third-order valence-corrected chi connectivity index (χ3v) is 4.29. The molecule has 0 radical (unpaired) electrons. The first-order valence-electron chi connectivity index (χ1n) is 8.90. The highest BCUT2D eigenvalue weighted by atomic mass is 16.6. The maximum atomic E-state index is 5.60. The van der Waals surface area contributed by atoms with Gasteiger partial charge in [0.1, 0.15) is 19.0 Å². The van der Waals surface area contributed by atoms with E-state index >= 15 is 0 Å². The molecule has 3 heterocycles. The summed E-state index contributed by atoms with van der Waals surface area (Å²) < 4.78 is 16.5. The van der Waals surface area contributed by atoms with E-state index in [4.69, 9.17) is 14.2 Å². The van der Waals surface area contributed by atoms with Crippen molar-refractivity contribution < 1.29 is 14.2 Å². The highest BCUT2D eigenvalue weighted by Gasteiger charge is 2.12. The highest BCUT2D eigenvalue weighted by Crippen LogP contribution is 2.33. The van der Waals surface area contributed by atoms with Gasteiger partial charge in [0.2, 0.25) is 5.95 Å². The standard InChI is InChI=1S/C18H23N5O3/c1-2-15-16(26-12-11-25-15)13-14(1)21-18-20-4-3-17(22-18)19-5-6-23-7-9-24-10-8-23/h1-4,13H,5-12H2,(H2,19,20,21,22). The molecule has 1 fully saturated rings. The van der Waals surface area contributed by atoms with Crippen molar-refractivity contribution in [2.24, 2.45) is 0 Å². The second-order valence-corrected chi connectivity index (χ2v) is 6.13. The van der Waals surface area contributed by atoms with Crippen LogP contribution in [0.25, 0.3) is 0 Å². The average Bonchev–Trinajstić information content (AvgIpc) is 2.69. The van der Waals surface area contributed by atoms with E-state index < -0.39 is 0 Å². The Balaban J connectivity index is 1.33. The van der Waals surface area contributed by atoms with Gasteiger partial charge < -0.3 is 24.8 Å². The van der Waals surface area contributed by atoms with Crippen LogP contribution in [0.1, 0.15) is 0 Å². The molecule has 8 nitrogen and oxygen atoms in total. The molecule has 0 saturated carbocycles. The number of ether oxygens (including phenoxy) is 3. The summed E-state index contributed by atoms with van der Waals surface area (Å²) in [7, 11) is 0. The van der Waals surface area contributed by atoms with Gasteiger partial charge in [-0.1, -0.05) is 0 Å². The first-order valence-corrected chi connectivity index (χ1v) is 8.90. The van der Waals surface area contributed by atoms with Crippen molar-refractivity contribution >= 4 is 17.5 Å². The van der Waals surface area contributed by atoms with Crippen LogP contribution >= 0.6 is 0 Å². The van der Waals surface area contributed by atoms with Crippen molar-refractivity contribution in [1.82, 2.24) is 14.9 Å². The molecule has 0 amide bonds. The number of rotatable bonds is 6. The maximum absolute atomic E-state index is 5.60. The molecular formula is C18H23N5O3. The van der Waals surface area contributed by atoms with Crippen LogP contribution in [-0.2, 0) is 4.74 Å². The molecule has 0 aliphatic carbocycles. The normalized spacial score (nSPS) is 16.9. The van der Waals surface area contributed by atoms with Crippen LogP contribution in [0.15, 0.2) is 30.5 Å². The molecule has 2 aliphatic rings. The number of fused-ring (bicyclic) bond motifs is 1. The number of hydrogen-bond donors (Lipinski definition) is 2. The molecule has 2 aliphatic heterocycles. The molecule has 0 unspecified atom stereocenters. The molecule has 2 aromatic rings. The minimum Gasteiger partial charge on any atom is -0.486 e. The van der Waals surface area contributed by atoms with Gasteiger partial charge in [0, 0.05) is 44.1 Å². The molecule has 2 N–H and O–H groups in total. The van der Waals surface area contributed by atoms with Crippen molar-refractivity contribution in [2.75, 3.05) is 63.2 Å². The zero-order valence-electron chi connectivity index (χ0n) is 14.6. The second kappa shape index (κ2) is 8.20. The van der Waals surface area contributed by atoms with Gasteiger partial charge in [-0.05, 0) is 18.2 Å². The van der Waals surface area contributed by atoms with Gasteiger partial charge in [0.15, 0.2) is 11.5 Å². The summed E-state index contributed by atoms with van der Waals surface area (Å²) in [5, 5.41) is 6.56. The van der Waals surface area contributed by atoms with Crippen LogP contribution in [0.3, 0.4) is 0 Å². The van der Waals surface area contributed by atoms with Crippen LogP contribution in [-0.4, -0.2) is 67.5 Å². The average molecular weight is 357 g/mol. The smallest absolute Gasteiger partial charge is 0.229 e. The molecule has 0 bridgehead atoms. The minimum atomic E-state index is 0.540. The Bertz CT molecular complexity index is 737. The third kappa shape index (κ3) is 4.33. The van der Waals surface area contributed by atoms with Crippen LogP contribution in [0, 0.1) is 0 Å². The van der Waals surface area contributed by atoms with Gasteiger partial charge in [0.25, 0.3) is 0 Å². The number of benzene rings is 1. The fourth-order valence-corrected chi connectivity index (χ4v) is 2.93. The zero-order valence-corrected chi connectivity index (χ0v) is 14.6. The van der Waals surface area contributed by atoms with Gasteiger partial charge in [-0.25, -0.2) is 4.98 Å². The number of nitrogens with one attached hydrogen (secondary N) is 2. The number of nitrogens with zero attached hydrogens (tertiary/aromatic N) is 3. The van der Waals surface area contributed by atoms with Crippen LogP contribution < -0.4 is 20.1 Å². The lowest BCUT2D eigenvalue weighted by atomic mass is 10.2. The monoisotopic (exact) mass is 357 g/mol. The van der Waals surface area contributed by atoms with Gasteiger partial charge in [-0.2, -0.15) is 4.98 Å². The Kier molecular flexibility index (Phi) is 5.32. The van der Waals surface area contributed by atoms with Crippen molar-refractivity contribution in [3.05, 3.63) is 30.5 Å². The van der Waals surface area contributed by atoms with Crippen LogP contribution in [0.5, 0.6) is 11.5 Å². The molecule has 0 atom stereocenters. The quantitative estimate of drug-likeness (QED) is 0.809. The van der Waals surface area contributed by atoms with E-state index in [1.165, 1.54) is 0 Å². The van der Waals surface area contributed by atoms with Gasteiger partial charge in [0.05, 0.1) is 13.2 Å². The van der Waals surface area contributed by atoms with E-state index in [0.717, 1.165) is 62.4 Å². The highest BCUT2D eigenvalue weighted by molar-refractivity contribution is 5.60. The lowest BCUT2D eigenvalue weighted by Crippen LogP contribution is -2.39. The summed E-state index contributed by atoms with van der Waals surface area (Å²) in [6.07, 6.45) is 1.74. The number of morpholine rings is 1. The lowest BCUT2D eigenvalue weighted by Gasteiger charge is -2.26. The predicted molar refractivity (Wildman–Crippen MR) is 98.5 cm³/mol. The lowest BCUT2D eigenvalue weighted by molar-refractivity contribution is 0.0398. The molecule has 0 spiro atoms. The molecule has 1 saturated heterocycles. The van der Waals surface area contributed by atoms with Gasteiger partial charge >= 0.3 is 0 Å². The summed E-state index contributed by atoms with van der Waals surface area (Å²) in [5.41, 5.74) is 0.861. The summed E-state index contributed by atoms with van der Waals surface area (Å²) in [4.78, 5) is 11.2. The first kappa shape index (κ1) is 16.9. The van der Waals surface area contributed by atoms with Gasteiger partial charge in [-0.15, -0.1) is 0 Å². The third-order valence-electron chi connectivity index (χ3n) is 4.29. The summed E-state index contributed by atoms with van der Waals surface area (Å²) in [6.45, 7) is 6.56. The van der Waals surface area contributed by atoms with E-state index in [2.05, 4.69) is 25.5 Å². The Morgan fingerprint density at radius 3 is 2.73 bits per heavy atom. The summed E-state index contributed by atoms with van der Waals surface area (Å²) in [5.74, 6) is 2.84. The fraction of sp³-hybridized carbons (Fsp3) is 0.444. The zero-order chi connectivity index (χ0) is 17.6. The molecule has 1 aromatic carbocycles. The summed E-state index contributed by atoms with van der Waals surface area (Å²) in [6, 6.07) is 7.58. The predicted octanol–water partition coefficient (Wildman–Crippen LogP) is 1.74. The second-order valence-electron chi connectivity index (χ2n) is 6.13. The summed E-state index contributed by atoms with van der Waals surface area (Å²) >= 11 is 0. The largest absolute Gasteiger partial charge is 0.486 e. The van der Waals surface area contributed by atoms with Crippen molar-refractivity contribution in [1.29, 1.82) is 0 Å². The molecule has 1 aromatic heterocycles. The molecule has 4 rings (SSSR count). The van der Waals surface area contributed by atoms with E-state index in [1.807, 2.05) is 24.3 Å². The van der Waals surface area contributed by atoms with Crippen molar-refractivity contribution in [2.45, 2.75) is 0 Å². The van der Waals surface area contributed by atoms with Crippen LogP contribution in [0.2, 0.25) is 0 Å². The maximum Gasteiger partial charge on any atom is 0.229 e. The topological polar surface area (TPSA) is 80.8 Å². The molecule has 8 heteroatoms. The van der Waals surface area contributed by atoms with E-state index in [9.17, 15) is 0 Å². The van der Waals surface area contributed by atoms with Crippen molar-refractivity contribution in [3.8, 4) is 11.5 Å². The van der Waals surface area contributed by atoms with E-state index in [1.54, 1.807) is 6.20 Å². The Morgan fingerprint density at radius 2 is 1.85 bits per heavy atom. The molecule has 26 heavy (non-hydrogen) atoms. The number of aromatic nitrogens is 2. The molecule has 138 valence electrons. The first-order chi connectivity index (χ1) is 12.9. The van der Waals surface area contributed by atoms with E-state index in [-0.39, 0.29) is 0 Å². The molecular weight excluding hydrogens is 334 g/mol. The Labute approximate surface area is 152 Å². The van der Waals surface area contributed by atoms with Crippen molar-refractivity contribution in [3.63, 3.8) is 0 Å². The SMILES string of the molecule is c1cc(NCCN2CCOCC2)nc(Nc2ccc3c(c2)OCCO3)n1. The van der Waals surface area contributed by atoms with E-state index in [0.29, 0.717) is 19.2 Å². The Hall–Kier alpha value is -2.58. The van der Waals surface area contributed by atoms with Gasteiger partial charge in [-0.3, -0.25) is 4.90 Å². The Morgan fingerprint density at radius 1 is 1.00 bits per heavy atom. The minimum absolute atomic E-state index is 0.540. The van der Waals surface area contributed by atoms with Crippen LogP contribution in [0.4, 0.5) is 17.5 Å². The number of anilines is 3.